The Morgan fingerprint density at radius 1 is 1.09 bits per heavy atom. The number of fused-ring (bicyclic) bond motifs is 2. The molecule has 0 aliphatic heterocycles. The number of halogens is 1. The van der Waals surface area contributed by atoms with Gasteiger partial charge in [0.2, 0.25) is 0 Å². The molecule has 3 aromatic carbocycles. The summed E-state index contributed by atoms with van der Waals surface area (Å²) in [7, 11) is -3.83. The second-order valence-corrected chi connectivity index (χ2v) is 10.4. The predicted octanol–water partition coefficient (Wildman–Crippen LogP) is 6.36. The van der Waals surface area contributed by atoms with Gasteiger partial charge in [-0.1, -0.05) is 55.8 Å². The summed E-state index contributed by atoms with van der Waals surface area (Å²) in [4.78, 5) is 16.0. The first-order chi connectivity index (χ1) is 15.8. The van der Waals surface area contributed by atoms with Gasteiger partial charge in [0, 0.05) is 38.5 Å². The van der Waals surface area contributed by atoms with Gasteiger partial charge in [0.05, 0.1) is 0 Å². The number of aromatic amines is 1. The standard InChI is InChI=1S/C26H25BrN2O3S/c1-3-4-7-14-33(31,32)29-26(30)20-12-13-24-23(16-20)22(17(2)28-24)15-19-11-10-18-8-5-6-9-21(18)25(19)27/h5-14,16,28H,3-4,15H2,1-2H3,(H,29,30)/b14-7+. The van der Waals surface area contributed by atoms with Crippen LogP contribution < -0.4 is 4.72 Å². The van der Waals surface area contributed by atoms with Gasteiger partial charge in [-0.2, -0.15) is 0 Å². The summed E-state index contributed by atoms with van der Waals surface area (Å²) >= 11 is 3.77. The van der Waals surface area contributed by atoms with Crippen LogP contribution in [0.15, 0.2) is 70.6 Å². The number of H-pyrrole nitrogens is 1. The number of aromatic nitrogens is 1. The van der Waals surface area contributed by atoms with Crippen LogP contribution in [0.5, 0.6) is 0 Å². The van der Waals surface area contributed by atoms with Crippen LogP contribution in [0.1, 0.15) is 46.9 Å². The number of amides is 1. The minimum absolute atomic E-state index is 0.299. The average Bonchev–Trinajstić information content (AvgIpc) is 3.09. The van der Waals surface area contributed by atoms with Gasteiger partial charge in [-0.15, -0.1) is 0 Å². The minimum Gasteiger partial charge on any atom is -0.358 e. The van der Waals surface area contributed by atoms with Crippen molar-refractivity contribution < 1.29 is 13.2 Å². The van der Waals surface area contributed by atoms with Crippen LogP contribution in [0.3, 0.4) is 0 Å². The van der Waals surface area contributed by atoms with E-state index in [0.29, 0.717) is 18.4 Å². The van der Waals surface area contributed by atoms with Crippen LogP contribution >= 0.6 is 15.9 Å². The van der Waals surface area contributed by atoms with E-state index in [1.807, 2.05) is 32.0 Å². The Morgan fingerprint density at radius 3 is 2.67 bits per heavy atom. The fourth-order valence-electron chi connectivity index (χ4n) is 3.94. The van der Waals surface area contributed by atoms with Gasteiger partial charge in [-0.25, -0.2) is 13.1 Å². The molecule has 33 heavy (non-hydrogen) atoms. The lowest BCUT2D eigenvalue weighted by Gasteiger charge is -2.09. The lowest BCUT2D eigenvalue weighted by molar-refractivity contribution is 0.0982. The molecule has 0 atom stereocenters. The van der Waals surface area contributed by atoms with E-state index >= 15 is 0 Å². The van der Waals surface area contributed by atoms with Crippen molar-refractivity contribution in [3.63, 3.8) is 0 Å². The van der Waals surface area contributed by atoms with E-state index in [1.165, 1.54) is 0 Å². The Labute approximate surface area is 202 Å². The second-order valence-electron chi connectivity index (χ2n) is 8.06. The number of hydrogen-bond donors (Lipinski definition) is 2. The second kappa shape index (κ2) is 9.53. The maximum absolute atomic E-state index is 12.7. The molecule has 7 heteroatoms. The molecule has 0 saturated carbocycles. The van der Waals surface area contributed by atoms with E-state index in [1.54, 1.807) is 18.2 Å². The lowest BCUT2D eigenvalue weighted by Crippen LogP contribution is -2.28. The molecule has 2 N–H and O–H groups in total. The number of benzene rings is 3. The summed E-state index contributed by atoms with van der Waals surface area (Å²) in [5, 5.41) is 4.26. The summed E-state index contributed by atoms with van der Waals surface area (Å²) in [5.74, 6) is -0.644. The monoisotopic (exact) mass is 524 g/mol. The Morgan fingerprint density at radius 2 is 1.88 bits per heavy atom. The molecule has 0 bridgehead atoms. The van der Waals surface area contributed by atoms with E-state index in [4.69, 9.17) is 0 Å². The molecule has 0 saturated heterocycles. The molecule has 0 aliphatic carbocycles. The van der Waals surface area contributed by atoms with Gasteiger partial charge < -0.3 is 4.98 Å². The van der Waals surface area contributed by atoms with E-state index in [0.717, 1.165) is 54.8 Å². The third-order valence-electron chi connectivity index (χ3n) is 5.66. The van der Waals surface area contributed by atoms with E-state index in [2.05, 4.69) is 49.9 Å². The zero-order chi connectivity index (χ0) is 23.6. The zero-order valence-corrected chi connectivity index (χ0v) is 20.9. The zero-order valence-electron chi connectivity index (χ0n) is 18.5. The summed E-state index contributed by atoms with van der Waals surface area (Å²) in [6.45, 7) is 3.96. The Bertz CT molecular complexity index is 1490. The third-order valence-corrected chi connectivity index (χ3v) is 7.61. The molecule has 170 valence electrons. The van der Waals surface area contributed by atoms with Gasteiger partial charge in [0.25, 0.3) is 15.9 Å². The highest BCUT2D eigenvalue weighted by Crippen LogP contribution is 2.32. The molecular weight excluding hydrogens is 500 g/mol. The molecule has 0 spiro atoms. The number of unbranched alkanes of at least 4 members (excludes halogenated alkanes) is 1. The Balaban J connectivity index is 1.67. The minimum atomic E-state index is -3.83. The van der Waals surface area contributed by atoms with Crippen LogP contribution in [0.4, 0.5) is 0 Å². The molecule has 0 aliphatic rings. The smallest absolute Gasteiger partial charge is 0.265 e. The maximum atomic E-state index is 12.7. The summed E-state index contributed by atoms with van der Waals surface area (Å²) in [6.07, 6.45) is 3.69. The average molecular weight is 525 g/mol. The number of nitrogens with one attached hydrogen (secondary N) is 2. The molecule has 0 fully saturated rings. The van der Waals surface area contributed by atoms with Gasteiger partial charge in [0.1, 0.15) is 0 Å². The fourth-order valence-corrected chi connectivity index (χ4v) is 5.41. The SMILES string of the molecule is CCC/C=C/S(=O)(=O)NC(=O)c1ccc2[nH]c(C)c(Cc3ccc4ccccc4c3Br)c2c1. The largest absolute Gasteiger partial charge is 0.358 e. The predicted molar refractivity (Wildman–Crippen MR) is 138 cm³/mol. The number of carbonyl (C=O) groups is 1. The third kappa shape index (κ3) is 5.04. The molecule has 1 heterocycles. The highest BCUT2D eigenvalue weighted by Gasteiger charge is 2.17. The van der Waals surface area contributed by atoms with Gasteiger partial charge in [-0.3, -0.25) is 4.79 Å². The normalized spacial score (nSPS) is 12.1. The summed E-state index contributed by atoms with van der Waals surface area (Å²) in [5.41, 5.74) is 4.42. The number of hydrogen-bond acceptors (Lipinski definition) is 3. The van der Waals surface area contributed by atoms with Crippen LogP contribution in [0.2, 0.25) is 0 Å². The van der Waals surface area contributed by atoms with Crippen molar-refractivity contribution in [3.05, 3.63) is 92.9 Å². The van der Waals surface area contributed by atoms with Crippen molar-refractivity contribution in [3.8, 4) is 0 Å². The van der Waals surface area contributed by atoms with Crippen molar-refractivity contribution in [2.24, 2.45) is 0 Å². The Hall–Kier alpha value is -2.90. The topological polar surface area (TPSA) is 79.0 Å². The number of aryl methyl sites for hydroxylation is 1. The number of sulfonamides is 1. The van der Waals surface area contributed by atoms with Crippen LogP contribution in [0, 0.1) is 6.92 Å². The molecule has 4 aromatic rings. The molecule has 0 unspecified atom stereocenters. The number of allylic oxidation sites excluding steroid dienone is 1. The van der Waals surface area contributed by atoms with E-state index in [-0.39, 0.29) is 0 Å². The molecule has 0 radical (unpaired) electrons. The van der Waals surface area contributed by atoms with Crippen LogP contribution in [0.25, 0.3) is 21.7 Å². The highest BCUT2D eigenvalue weighted by molar-refractivity contribution is 9.10. The molecule has 1 amide bonds. The molecule has 5 nitrogen and oxygen atoms in total. The number of carbonyl (C=O) groups excluding carboxylic acids is 1. The van der Waals surface area contributed by atoms with Gasteiger partial charge >= 0.3 is 0 Å². The lowest BCUT2D eigenvalue weighted by atomic mass is 9.98. The summed E-state index contributed by atoms with van der Waals surface area (Å²) < 4.78 is 27.5. The molecular formula is C26H25BrN2O3S. The van der Waals surface area contributed by atoms with E-state index in [9.17, 15) is 13.2 Å². The van der Waals surface area contributed by atoms with Crippen molar-refractivity contribution in [2.45, 2.75) is 33.1 Å². The first-order valence-corrected chi connectivity index (χ1v) is 13.1. The van der Waals surface area contributed by atoms with Gasteiger partial charge in [0.15, 0.2) is 0 Å². The summed E-state index contributed by atoms with van der Waals surface area (Å²) in [6, 6.07) is 17.6. The first kappa shape index (κ1) is 23.3. The Kier molecular flexibility index (Phi) is 6.72. The van der Waals surface area contributed by atoms with E-state index < -0.39 is 15.9 Å². The number of rotatable bonds is 7. The van der Waals surface area contributed by atoms with Crippen LogP contribution in [-0.2, 0) is 16.4 Å². The van der Waals surface area contributed by atoms with Crippen molar-refractivity contribution >= 4 is 53.5 Å². The van der Waals surface area contributed by atoms with Crippen molar-refractivity contribution in [1.29, 1.82) is 0 Å². The molecule has 4 rings (SSSR count). The maximum Gasteiger partial charge on any atom is 0.265 e. The quantitative estimate of drug-likeness (QED) is 0.295. The van der Waals surface area contributed by atoms with Crippen molar-refractivity contribution in [2.75, 3.05) is 0 Å². The first-order valence-electron chi connectivity index (χ1n) is 10.8. The van der Waals surface area contributed by atoms with Gasteiger partial charge in [-0.05, 0) is 69.4 Å². The van der Waals surface area contributed by atoms with Crippen molar-refractivity contribution in [1.82, 2.24) is 9.71 Å². The fraction of sp³-hybridized carbons (Fsp3) is 0.192. The van der Waals surface area contributed by atoms with Crippen LogP contribution in [-0.4, -0.2) is 19.3 Å². The molecule has 1 aromatic heterocycles. The highest BCUT2D eigenvalue weighted by atomic mass is 79.9.